The quantitative estimate of drug-likeness (QED) is 0.627. The zero-order valence-corrected chi connectivity index (χ0v) is 12.6. The number of non-ortho nitro benzene ring substituents is 1. The molecule has 0 aliphatic carbocycles. The third-order valence-electron chi connectivity index (χ3n) is 2.94. The van der Waals surface area contributed by atoms with E-state index in [2.05, 4.69) is 0 Å². The molecule has 112 valence electrons. The average molecular weight is 301 g/mol. The van der Waals surface area contributed by atoms with Crippen LogP contribution in [-0.4, -0.2) is 37.8 Å². The molecule has 1 aromatic rings. The molecule has 0 unspecified atom stereocenters. The van der Waals surface area contributed by atoms with E-state index in [1.807, 2.05) is 13.8 Å². The summed E-state index contributed by atoms with van der Waals surface area (Å²) < 4.78 is 25.9. The Balaban J connectivity index is 3.10. The molecule has 0 saturated heterocycles. The fourth-order valence-electron chi connectivity index (χ4n) is 1.69. The van der Waals surface area contributed by atoms with E-state index in [1.54, 1.807) is 0 Å². The molecule has 1 rings (SSSR count). The van der Waals surface area contributed by atoms with E-state index in [9.17, 15) is 18.5 Å². The molecule has 0 radical (unpaired) electrons. The van der Waals surface area contributed by atoms with Crippen molar-refractivity contribution in [2.45, 2.75) is 18.7 Å². The first-order valence-corrected chi connectivity index (χ1v) is 7.45. The summed E-state index contributed by atoms with van der Waals surface area (Å²) in [6.07, 6.45) is 0. The first-order chi connectivity index (χ1) is 9.10. The van der Waals surface area contributed by atoms with Gasteiger partial charge in [-0.15, -0.1) is 0 Å². The van der Waals surface area contributed by atoms with Crippen LogP contribution in [0.5, 0.6) is 0 Å². The lowest BCUT2D eigenvalue weighted by Gasteiger charge is -2.28. The maximum Gasteiger partial charge on any atom is 0.270 e. The molecule has 0 amide bonds. The fraction of sp³-hybridized carbons (Fsp3) is 0.500. The topological polar surface area (TPSA) is 107 Å². The number of nitro groups is 1. The molecule has 0 aromatic heterocycles. The van der Waals surface area contributed by atoms with Crippen molar-refractivity contribution in [3.8, 4) is 0 Å². The van der Waals surface area contributed by atoms with Crippen LogP contribution in [0.4, 0.5) is 5.69 Å². The molecular weight excluding hydrogens is 282 g/mol. The lowest BCUT2D eigenvalue weighted by Crippen LogP contribution is -2.39. The second-order valence-electron chi connectivity index (χ2n) is 5.38. The van der Waals surface area contributed by atoms with Crippen LogP contribution in [0, 0.1) is 15.5 Å². The van der Waals surface area contributed by atoms with E-state index >= 15 is 0 Å². The molecule has 8 heteroatoms. The van der Waals surface area contributed by atoms with Crippen LogP contribution < -0.4 is 5.73 Å². The van der Waals surface area contributed by atoms with Crippen LogP contribution in [-0.2, 0) is 10.0 Å². The second-order valence-corrected chi connectivity index (χ2v) is 7.43. The van der Waals surface area contributed by atoms with Crippen LogP contribution >= 0.6 is 0 Å². The largest absolute Gasteiger partial charge is 0.330 e. The van der Waals surface area contributed by atoms with Gasteiger partial charge in [0.05, 0.1) is 9.82 Å². The van der Waals surface area contributed by atoms with Gasteiger partial charge >= 0.3 is 0 Å². The van der Waals surface area contributed by atoms with Gasteiger partial charge in [-0.05, 0) is 18.0 Å². The normalized spacial score (nSPS) is 12.7. The summed E-state index contributed by atoms with van der Waals surface area (Å²) in [6.45, 7) is 4.27. The summed E-state index contributed by atoms with van der Waals surface area (Å²) in [5, 5.41) is 10.7. The minimum absolute atomic E-state index is 0.0954. The van der Waals surface area contributed by atoms with Crippen molar-refractivity contribution in [3.05, 3.63) is 34.4 Å². The van der Waals surface area contributed by atoms with Gasteiger partial charge in [-0.1, -0.05) is 19.9 Å². The molecule has 0 spiro atoms. The Morgan fingerprint density at radius 1 is 1.40 bits per heavy atom. The molecule has 1 aromatic carbocycles. The van der Waals surface area contributed by atoms with Crippen molar-refractivity contribution in [3.63, 3.8) is 0 Å². The number of hydrogen-bond acceptors (Lipinski definition) is 5. The molecule has 0 bridgehead atoms. The van der Waals surface area contributed by atoms with Gasteiger partial charge in [-0.2, -0.15) is 0 Å². The number of benzene rings is 1. The maximum atomic E-state index is 12.4. The highest BCUT2D eigenvalue weighted by atomic mass is 32.2. The van der Waals surface area contributed by atoms with Crippen LogP contribution in [0.3, 0.4) is 0 Å². The van der Waals surface area contributed by atoms with Gasteiger partial charge in [-0.25, -0.2) is 12.7 Å². The summed E-state index contributed by atoms with van der Waals surface area (Å²) in [5.74, 6) is 0. The SMILES string of the molecule is CN(CC(C)(C)CN)S(=O)(=O)c1cccc([N+](=O)[O-])c1. The van der Waals surface area contributed by atoms with Gasteiger partial charge in [0, 0.05) is 25.7 Å². The van der Waals surface area contributed by atoms with Crippen molar-refractivity contribution in [1.82, 2.24) is 4.31 Å². The molecule has 2 N–H and O–H groups in total. The average Bonchev–Trinajstić information content (AvgIpc) is 2.38. The Kier molecular flexibility index (Phi) is 4.85. The summed E-state index contributed by atoms with van der Waals surface area (Å²) in [7, 11) is -2.33. The van der Waals surface area contributed by atoms with Crippen molar-refractivity contribution in [2.24, 2.45) is 11.1 Å². The van der Waals surface area contributed by atoms with Gasteiger partial charge in [0.1, 0.15) is 0 Å². The third-order valence-corrected chi connectivity index (χ3v) is 4.74. The Hall–Kier alpha value is -1.51. The Morgan fingerprint density at radius 3 is 2.50 bits per heavy atom. The summed E-state index contributed by atoms with van der Waals surface area (Å²) in [4.78, 5) is 9.99. The monoisotopic (exact) mass is 301 g/mol. The Morgan fingerprint density at radius 2 is 2.00 bits per heavy atom. The number of nitrogens with zero attached hydrogens (tertiary/aromatic N) is 2. The minimum Gasteiger partial charge on any atom is -0.330 e. The van der Waals surface area contributed by atoms with Crippen LogP contribution in [0.1, 0.15) is 13.8 Å². The van der Waals surface area contributed by atoms with E-state index in [-0.39, 0.29) is 22.5 Å². The Bertz CT molecular complexity index is 598. The molecule has 20 heavy (non-hydrogen) atoms. The number of rotatable bonds is 6. The lowest BCUT2D eigenvalue weighted by molar-refractivity contribution is -0.385. The first kappa shape index (κ1) is 16.5. The summed E-state index contributed by atoms with van der Waals surface area (Å²) in [6, 6.07) is 5.01. The van der Waals surface area contributed by atoms with Gasteiger partial charge in [0.2, 0.25) is 10.0 Å². The van der Waals surface area contributed by atoms with Crippen molar-refractivity contribution in [1.29, 1.82) is 0 Å². The molecule has 0 heterocycles. The number of hydrogen-bond donors (Lipinski definition) is 1. The fourth-order valence-corrected chi connectivity index (χ4v) is 3.09. The predicted molar refractivity (Wildman–Crippen MR) is 75.7 cm³/mol. The van der Waals surface area contributed by atoms with Crippen molar-refractivity contribution in [2.75, 3.05) is 20.1 Å². The standard InChI is InChI=1S/C12H19N3O4S/c1-12(2,8-13)9-14(3)20(18,19)11-6-4-5-10(7-11)15(16)17/h4-7H,8-9,13H2,1-3H3. The molecule has 0 atom stereocenters. The highest BCUT2D eigenvalue weighted by Crippen LogP contribution is 2.23. The number of nitro benzene ring substituents is 1. The Labute approximate surface area is 118 Å². The summed E-state index contributed by atoms with van der Waals surface area (Å²) >= 11 is 0. The van der Waals surface area contributed by atoms with Crippen molar-refractivity contribution >= 4 is 15.7 Å². The molecule has 0 saturated carbocycles. The van der Waals surface area contributed by atoms with Crippen LogP contribution in [0.25, 0.3) is 0 Å². The van der Waals surface area contributed by atoms with E-state index < -0.39 is 14.9 Å². The van der Waals surface area contributed by atoms with E-state index in [1.165, 1.54) is 29.6 Å². The second kappa shape index (κ2) is 5.86. The number of sulfonamides is 1. The predicted octanol–water partition coefficient (Wildman–Crippen LogP) is 1.20. The molecule has 7 nitrogen and oxygen atoms in total. The zero-order valence-electron chi connectivity index (χ0n) is 11.7. The van der Waals surface area contributed by atoms with Gasteiger partial charge < -0.3 is 5.73 Å². The van der Waals surface area contributed by atoms with E-state index in [0.29, 0.717) is 6.54 Å². The highest BCUT2D eigenvalue weighted by Gasteiger charge is 2.28. The van der Waals surface area contributed by atoms with Crippen molar-refractivity contribution < 1.29 is 13.3 Å². The first-order valence-electron chi connectivity index (χ1n) is 6.01. The van der Waals surface area contributed by atoms with Gasteiger partial charge in [-0.3, -0.25) is 10.1 Å². The van der Waals surface area contributed by atoms with Crippen LogP contribution in [0.2, 0.25) is 0 Å². The third kappa shape index (κ3) is 3.75. The van der Waals surface area contributed by atoms with Crippen LogP contribution in [0.15, 0.2) is 29.2 Å². The van der Waals surface area contributed by atoms with E-state index in [4.69, 9.17) is 5.73 Å². The summed E-state index contributed by atoms with van der Waals surface area (Å²) in [5.41, 5.74) is 4.96. The molecule has 0 aliphatic rings. The molecule has 0 fully saturated rings. The smallest absolute Gasteiger partial charge is 0.270 e. The van der Waals surface area contributed by atoms with Gasteiger partial charge in [0.25, 0.3) is 5.69 Å². The minimum atomic E-state index is -3.76. The highest BCUT2D eigenvalue weighted by molar-refractivity contribution is 7.89. The maximum absolute atomic E-state index is 12.4. The number of nitrogens with two attached hydrogens (primary N) is 1. The molecular formula is C12H19N3O4S. The van der Waals surface area contributed by atoms with Gasteiger partial charge in [0.15, 0.2) is 0 Å². The zero-order chi connectivity index (χ0) is 15.6. The molecule has 0 aliphatic heterocycles. The lowest BCUT2D eigenvalue weighted by atomic mass is 9.94. The van der Waals surface area contributed by atoms with E-state index in [0.717, 1.165) is 6.07 Å².